The molecule has 0 spiro atoms. The Kier molecular flexibility index (Phi) is 5.25. The van der Waals surface area contributed by atoms with E-state index in [-0.39, 0.29) is 0 Å². The van der Waals surface area contributed by atoms with Crippen LogP contribution in [0.4, 0.5) is 0 Å². The summed E-state index contributed by atoms with van der Waals surface area (Å²) in [6.45, 7) is 7.01. The fraction of sp³-hybridized carbons (Fsp3) is 0.615. The molecule has 0 aromatic carbocycles. The largest absolute Gasteiger partial charge is 0.377 e. The van der Waals surface area contributed by atoms with Crippen molar-refractivity contribution in [1.82, 2.24) is 25.5 Å². The monoisotopic (exact) mass is 279 g/mol. The molecule has 2 rings (SSSR count). The number of nitrogens with zero attached hydrogens (tertiary/aromatic N) is 4. The van der Waals surface area contributed by atoms with E-state index in [2.05, 4.69) is 34.6 Å². The second-order valence-electron chi connectivity index (χ2n) is 5.15. The first-order chi connectivity index (χ1) is 9.67. The Morgan fingerprint density at radius 2 is 2.25 bits per heavy atom. The normalized spacial score (nSPS) is 11.4. The SMILES string of the molecule is COCc1cc(Cn2cc(CNCC(C)C)nn2)no1. The standard InChI is InChI=1S/C13H21N5O2/c1-10(2)5-14-6-12-8-18(17-15-12)7-11-4-13(9-19-3)20-16-11/h4,8,10,14H,5-7,9H2,1-3H3. The highest BCUT2D eigenvalue weighted by Crippen LogP contribution is 2.06. The lowest BCUT2D eigenvalue weighted by atomic mass is 10.2. The third-order valence-corrected chi connectivity index (χ3v) is 2.66. The number of rotatable bonds is 8. The molecule has 0 radical (unpaired) electrons. The van der Waals surface area contributed by atoms with Crippen LogP contribution in [0.15, 0.2) is 16.8 Å². The van der Waals surface area contributed by atoms with Crippen molar-refractivity contribution in [3.8, 4) is 0 Å². The molecule has 0 amide bonds. The second-order valence-corrected chi connectivity index (χ2v) is 5.15. The lowest BCUT2D eigenvalue weighted by Crippen LogP contribution is -2.19. The Hall–Kier alpha value is -1.73. The summed E-state index contributed by atoms with van der Waals surface area (Å²) >= 11 is 0. The van der Waals surface area contributed by atoms with Gasteiger partial charge in [-0.3, -0.25) is 0 Å². The zero-order valence-corrected chi connectivity index (χ0v) is 12.2. The molecule has 2 aromatic heterocycles. The van der Waals surface area contributed by atoms with E-state index in [1.807, 2.05) is 12.3 Å². The highest BCUT2D eigenvalue weighted by Gasteiger charge is 2.07. The van der Waals surface area contributed by atoms with Crippen molar-refractivity contribution in [2.24, 2.45) is 5.92 Å². The number of aromatic nitrogens is 4. The summed E-state index contributed by atoms with van der Waals surface area (Å²) < 4.78 is 11.9. The van der Waals surface area contributed by atoms with Gasteiger partial charge in [0.15, 0.2) is 5.76 Å². The van der Waals surface area contributed by atoms with Gasteiger partial charge in [-0.25, -0.2) is 4.68 Å². The molecule has 0 saturated heterocycles. The first kappa shape index (κ1) is 14.7. The van der Waals surface area contributed by atoms with Crippen molar-refractivity contribution in [3.63, 3.8) is 0 Å². The van der Waals surface area contributed by atoms with Gasteiger partial charge in [0.25, 0.3) is 0 Å². The Morgan fingerprint density at radius 1 is 1.40 bits per heavy atom. The zero-order chi connectivity index (χ0) is 14.4. The van der Waals surface area contributed by atoms with Gasteiger partial charge in [-0.2, -0.15) is 0 Å². The molecule has 2 heterocycles. The zero-order valence-electron chi connectivity index (χ0n) is 12.2. The average molecular weight is 279 g/mol. The summed E-state index contributed by atoms with van der Waals surface area (Å²) in [4.78, 5) is 0. The third-order valence-electron chi connectivity index (χ3n) is 2.66. The lowest BCUT2D eigenvalue weighted by Gasteiger charge is -2.04. The Morgan fingerprint density at radius 3 is 3.00 bits per heavy atom. The first-order valence-electron chi connectivity index (χ1n) is 6.70. The summed E-state index contributed by atoms with van der Waals surface area (Å²) in [5.41, 5.74) is 1.73. The van der Waals surface area contributed by atoms with Crippen LogP contribution in [0, 0.1) is 5.92 Å². The van der Waals surface area contributed by atoms with Crippen LogP contribution < -0.4 is 5.32 Å². The van der Waals surface area contributed by atoms with Gasteiger partial charge in [-0.15, -0.1) is 5.10 Å². The maximum Gasteiger partial charge on any atom is 0.162 e. The maximum atomic E-state index is 5.13. The Balaban J connectivity index is 1.85. The highest BCUT2D eigenvalue weighted by molar-refractivity contribution is 5.05. The van der Waals surface area contributed by atoms with Crippen LogP contribution in [0.3, 0.4) is 0 Å². The molecule has 0 aliphatic rings. The van der Waals surface area contributed by atoms with Crippen LogP contribution in [0.25, 0.3) is 0 Å². The van der Waals surface area contributed by atoms with E-state index < -0.39 is 0 Å². The van der Waals surface area contributed by atoms with Crippen molar-refractivity contribution >= 4 is 0 Å². The van der Waals surface area contributed by atoms with Gasteiger partial charge in [0, 0.05) is 19.7 Å². The quantitative estimate of drug-likeness (QED) is 0.782. The van der Waals surface area contributed by atoms with Crippen LogP contribution in [0.5, 0.6) is 0 Å². The van der Waals surface area contributed by atoms with Crippen molar-refractivity contribution < 1.29 is 9.26 Å². The molecule has 2 aromatic rings. The van der Waals surface area contributed by atoms with Crippen LogP contribution >= 0.6 is 0 Å². The van der Waals surface area contributed by atoms with Crippen LogP contribution in [-0.4, -0.2) is 33.8 Å². The molecule has 1 N–H and O–H groups in total. The smallest absolute Gasteiger partial charge is 0.162 e. The minimum absolute atomic E-state index is 0.425. The molecule has 0 fully saturated rings. The van der Waals surface area contributed by atoms with Crippen LogP contribution in [0.2, 0.25) is 0 Å². The van der Waals surface area contributed by atoms with Gasteiger partial charge < -0.3 is 14.6 Å². The number of nitrogens with one attached hydrogen (secondary N) is 1. The maximum absolute atomic E-state index is 5.13. The van der Waals surface area contributed by atoms with Crippen molar-refractivity contribution in [2.45, 2.75) is 33.5 Å². The highest BCUT2D eigenvalue weighted by atomic mass is 16.5. The predicted molar refractivity (Wildman–Crippen MR) is 72.9 cm³/mol. The van der Waals surface area contributed by atoms with E-state index in [4.69, 9.17) is 9.26 Å². The number of methoxy groups -OCH3 is 1. The molecule has 0 aliphatic heterocycles. The molecule has 7 heteroatoms. The summed E-state index contributed by atoms with van der Waals surface area (Å²) in [5, 5.41) is 15.5. The van der Waals surface area contributed by atoms with E-state index in [1.165, 1.54) is 0 Å². The van der Waals surface area contributed by atoms with Crippen LogP contribution in [0.1, 0.15) is 31.0 Å². The van der Waals surface area contributed by atoms with Gasteiger partial charge >= 0.3 is 0 Å². The molecule has 0 saturated carbocycles. The number of ether oxygens (including phenoxy) is 1. The fourth-order valence-electron chi connectivity index (χ4n) is 1.79. The van der Waals surface area contributed by atoms with Gasteiger partial charge in [-0.1, -0.05) is 24.2 Å². The molecule has 7 nitrogen and oxygen atoms in total. The van der Waals surface area contributed by atoms with Crippen LogP contribution in [-0.2, 0) is 24.4 Å². The minimum atomic E-state index is 0.425. The van der Waals surface area contributed by atoms with E-state index in [0.717, 1.165) is 24.5 Å². The molecule has 0 unspecified atom stereocenters. The molecule has 0 atom stereocenters. The van der Waals surface area contributed by atoms with E-state index in [9.17, 15) is 0 Å². The molecule has 20 heavy (non-hydrogen) atoms. The van der Waals surface area contributed by atoms with Gasteiger partial charge in [0.05, 0.1) is 18.4 Å². The summed E-state index contributed by atoms with van der Waals surface area (Å²) in [7, 11) is 1.62. The lowest BCUT2D eigenvalue weighted by molar-refractivity contribution is 0.155. The van der Waals surface area contributed by atoms with Crippen molar-refractivity contribution in [2.75, 3.05) is 13.7 Å². The van der Waals surface area contributed by atoms with Gasteiger partial charge in [0.1, 0.15) is 12.3 Å². The third kappa shape index (κ3) is 4.43. The average Bonchev–Trinajstić information content (AvgIpc) is 3.00. The van der Waals surface area contributed by atoms with E-state index in [0.29, 0.717) is 24.8 Å². The molecule has 0 bridgehead atoms. The first-order valence-corrected chi connectivity index (χ1v) is 6.70. The van der Waals surface area contributed by atoms with Gasteiger partial charge in [0.2, 0.25) is 0 Å². The van der Waals surface area contributed by atoms with E-state index in [1.54, 1.807) is 11.8 Å². The van der Waals surface area contributed by atoms with E-state index >= 15 is 0 Å². The molecule has 0 aliphatic carbocycles. The Bertz CT molecular complexity index is 520. The molecular weight excluding hydrogens is 258 g/mol. The summed E-state index contributed by atoms with van der Waals surface area (Å²) in [6, 6.07) is 1.86. The number of hydrogen-bond acceptors (Lipinski definition) is 6. The minimum Gasteiger partial charge on any atom is -0.377 e. The summed E-state index contributed by atoms with van der Waals surface area (Å²) in [6.07, 6.45) is 1.91. The fourth-order valence-corrected chi connectivity index (χ4v) is 1.79. The predicted octanol–water partition coefficient (Wildman–Crippen LogP) is 1.21. The van der Waals surface area contributed by atoms with Crippen molar-refractivity contribution in [1.29, 1.82) is 0 Å². The summed E-state index contributed by atoms with van der Waals surface area (Å²) in [5.74, 6) is 1.33. The topological polar surface area (TPSA) is 78.0 Å². The van der Waals surface area contributed by atoms with Gasteiger partial charge in [-0.05, 0) is 12.5 Å². The van der Waals surface area contributed by atoms with Crippen molar-refractivity contribution in [3.05, 3.63) is 29.4 Å². The Labute approximate surface area is 118 Å². The molecule has 110 valence electrons. The second kappa shape index (κ2) is 7.16. The molecular formula is C13H21N5O2. The number of hydrogen-bond donors (Lipinski definition) is 1.